The molecule has 3 aromatic carbocycles. The molecule has 178 valence electrons. The third-order valence-corrected chi connectivity index (χ3v) is 5.45. The van der Waals surface area contributed by atoms with Crippen LogP contribution in [0.5, 0.6) is 23.0 Å². The van der Waals surface area contributed by atoms with Crippen molar-refractivity contribution in [2.45, 2.75) is 26.2 Å². The van der Waals surface area contributed by atoms with E-state index >= 15 is 0 Å². The van der Waals surface area contributed by atoms with E-state index in [0.717, 1.165) is 17.5 Å². The predicted molar refractivity (Wildman–Crippen MR) is 131 cm³/mol. The van der Waals surface area contributed by atoms with Gasteiger partial charge in [0.05, 0.1) is 24.7 Å². The first-order chi connectivity index (χ1) is 17.0. The molecule has 1 unspecified atom stereocenters. The first-order valence-electron chi connectivity index (χ1n) is 11.4. The molecule has 0 saturated carbocycles. The van der Waals surface area contributed by atoms with E-state index in [1.807, 2.05) is 38.1 Å². The van der Waals surface area contributed by atoms with Crippen molar-refractivity contribution < 1.29 is 23.7 Å². The first-order valence-corrected chi connectivity index (χ1v) is 11.4. The van der Waals surface area contributed by atoms with Gasteiger partial charge >= 0.3 is 5.97 Å². The zero-order valence-corrected chi connectivity index (χ0v) is 19.6. The Labute approximate surface area is 204 Å². The van der Waals surface area contributed by atoms with E-state index in [4.69, 9.17) is 24.7 Å². The Morgan fingerprint density at radius 2 is 1.77 bits per heavy atom. The number of hydrogen-bond donors (Lipinski definition) is 1. The minimum absolute atomic E-state index is 0.0118. The lowest BCUT2D eigenvalue weighted by atomic mass is 9.83. The van der Waals surface area contributed by atoms with Crippen LogP contribution in [-0.2, 0) is 0 Å². The van der Waals surface area contributed by atoms with Crippen molar-refractivity contribution in [1.29, 1.82) is 5.26 Å². The number of hydrogen-bond acceptors (Lipinski definition) is 7. The fourth-order valence-corrected chi connectivity index (χ4v) is 3.89. The molecule has 3 aromatic rings. The summed E-state index contributed by atoms with van der Waals surface area (Å²) in [6.45, 7) is 5.00. The highest BCUT2D eigenvalue weighted by Crippen LogP contribution is 2.44. The number of nitriles is 1. The SMILES string of the molecule is CCCOc1cccc(C2C(C#N)=C(N)Oc3cc(OC(=O)c4cccc(OCC)c4)ccc32)c1. The van der Waals surface area contributed by atoms with Gasteiger partial charge in [-0.15, -0.1) is 0 Å². The van der Waals surface area contributed by atoms with Crippen molar-refractivity contribution >= 4 is 5.97 Å². The van der Waals surface area contributed by atoms with Gasteiger partial charge < -0.3 is 24.7 Å². The monoisotopic (exact) mass is 470 g/mol. The summed E-state index contributed by atoms with van der Waals surface area (Å²) >= 11 is 0. The second-order valence-corrected chi connectivity index (χ2v) is 7.90. The Morgan fingerprint density at radius 1 is 1.00 bits per heavy atom. The van der Waals surface area contributed by atoms with E-state index in [9.17, 15) is 10.1 Å². The van der Waals surface area contributed by atoms with E-state index < -0.39 is 11.9 Å². The quantitative estimate of drug-likeness (QED) is 0.351. The van der Waals surface area contributed by atoms with Gasteiger partial charge in [0.2, 0.25) is 5.88 Å². The summed E-state index contributed by atoms with van der Waals surface area (Å²) in [4.78, 5) is 12.7. The summed E-state index contributed by atoms with van der Waals surface area (Å²) in [6, 6.07) is 21.6. The summed E-state index contributed by atoms with van der Waals surface area (Å²) < 4.78 is 22.6. The van der Waals surface area contributed by atoms with Crippen molar-refractivity contribution in [2.75, 3.05) is 13.2 Å². The Balaban J connectivity index is 1.64. The van der Waals surface area contributed by atoms with Crippen LogP contribution >= 0.6 is 0 Å². The standard InChI is InChI=1S/C28H26N2O5/c1-3-13-33-21-10-5-7-18(14-21)26-23-12-11-22(16-25(23)35-27(30)24(26)17-29)34-28(31)19-8-6-9-20(15-19)32-4-2/h5-12,14-16,26H,3-4,13,30H2,1-2H3. The molecule has 0 saturated heterocycles. The Morgan fingerprint density at radius 3 is 2.51 bits per heavy atom. The molecule has 0 spiro atoms. The van der Waals surface area contributed by atoms with E-state index in [2.05, 4.69) is 6.07 Å². The van der Waals surface area contributed by atoms with Gasteiger partial charge in [0, 0.05) is 11.6 Å². The van der Waals surface area contributed by atoms with E-state index in [1.165, 1.54) is 0 Å². The highest BCUT2D eigenvalue weighted by atomic mass is 16.5. The lowest BCUT2D eigenvalue weighted by molar-refractivity contribution is 0.0734. The summed E-state index contributed by atoms with van der Waals surface area (Å²) in [5.74, 6) is 1.06. The second-order valence-electron chi connectivity index (χ2n) is 7.90. The molecular weight excluding hydrogens is 444 g/mol. The average Bonchev–Trinajstić information content (AvgIpc) is 2.87. The van der Waals surface area contributed by atoms with Crippen molar-refractivity contribution in [3.8, 4) is 29.1 Å². The summed E-state index contributed by atoms with van der Waals surface area (Å²) in [6.07, 6.45) is 0.887. The molecule has 7 nitrogen and oxygen atoms in total. The third-order valence-electron chi connectivity index (χ3n) is 5.45. The third kappa shape index (κ3) is 5.22. The maximum absolute atomic E-state index is 12.7. The number of nitrogens with two attached hydrogens (primary N) is 1. The van der Waals surface area contributed by atoms with Gasteiger partial charge in [-0.3, -0.25) is 0 Å². The Kier molecular flexibility index (Phi) is 7.22. The van der Waals surface area contributed by atoms with Crippen LogP contribution < -0.4 is 24.7 Å². The molecule has 0 radical (unpaired) electrons. The topological polar surface area (TPSA) is 104 Å². The van der Waals surface area contributed by atoms with Gasteiger partial charge in [-0.1, -0.05) is 31.2 Å². The number of nitrogens with zero attached hydrogens (tertiary/aromatic N) is 1. The highest BCUT2D eigenvalue weighted by molar-refractivity contribution is 5.91. The molecule has 0 bridgehead atoms. The molecule has 2 N–H and O–H groups in total. The zero-order chi connectivity index (χ0) is 24.8. The minimum Gasteiger partial charge on any atom is -0.494 e. The van der Waals surface area contributed by atoms with E-state index in [1.54, 1.807) is 42.5 Å². The summed E-state index contributed by atoms with van der Waals surface area (Å²) in [5, 5.41) is 9.81. The van der Waals surface area contributed by atoms with Crippen molar-refractivity contribution in [3.05, 3.63) is 94.9 Å². The van der Waals surface area contributed by atoms with Gasteiger partial charge in [-0.05, 0) is 55.3 Å². The molecule has 1 atom stereocenters. The molecular formula is C28H26N2O5. The smallest absolute Gasteiger partial charge is 0.343 e. The highest BCUT2D eigenvalue weighted by Gasteiger charge is 2.31. The molecule has 1 aliphatic rings. The predicted octanol–water partition coefficient (Wildman–Crippen LogP) is 5.31. The molecule has 4 rings (SSSR count). The molecule has 1 aliphatic heterocycles. The number of carbonyl (C=O) groups excluding carboxylic acids is 1. The number of ether oxygens (including phenoxy) is 4. The fraction of sp³-hybridized carbons (Fsp3) is 0.214. The lowest BCUT2D eigenvalue weighted by Gasteiger charge is -2.27. The van der Waals surface area contributed by atoms with Gasteiger partial charge in [-0.25, -0.2) is 4.79 Å². The number of esters is 1. The number of allylic oxidation sites excluding steroid dienone is 1. The van der Waals surface area contributed by atoms with Crippen molar-refractivity contribution in [3.63, 3.8) is 0 Å². The van der Waals surface area contributed by atoms with Gasteiger partial charge in [0.25, 0.3) is 0 Å². The van der Waals surface area contributed by atoms with Crippen LogP contribution in [0, 0.1) is 11.3 Å². The molecule has 0 aliphatic carbocycles. The van der Waals surface area contributed by atoms with Crippen LogP contribution in [-0.4, -0.2) is 19.2 Å². The fourth-order valence-electron chi connectivity index (χ4n) is 3.89. The van der Waals surface area contributed by atoms with Crippen LogP contribution in [0.4, 0.5) is 0 Å². The second kappa shape index (κ2) is 10.7. The number of benzene rings is 3. The van der Waals surface area contributed by atoms with Gasteiger partial charge in [-0.2, -0.15) is 5.26 Å². The van der Waals surface area contributed by atoms with Crippen molar-refractivity contribution in [1.82, 2.24) is 0 Å². The molecule has 0 amide bonds. The normalized spacial score (nSPS) is 14.4. The van der Waals surface area contributed by atoms with Gasteiger partial charge in [0.1, 0.15) is 34.6 Å². The maximum Gasteiger partial charge on any atom is 0.343 e. The minimum atomic E-state index is -0.527. The van der Waals surface area contributed by atoms with Crippen LogP contribution in [0.2, 0.25) is 0 Å². The largest absolute Gasteiger partial charge is 0.494 e. The number of carbonyl (C=O) groups is 1. The van der Waals surface area contributed by atoms with Crippen LogP contribution in [0.3, 0.4) is 0 Å². The summed E-state index contributed by atoms with van der Waals surface area (Å²) in [7, 11) is 0. The molecule has 0 aromatic heterocycles. The van der Waals surface area contributed by atoms with E-state index in [-0.39, 0.29) is 5.88 Å². The maximum atomic E-state index is 12.7. The molecule has 0 fully saturated rings. The average molecular weight is 471 g/mol. The van der Waals surface area contributed by atoms with Gasteiger partial charge in [0.15, 0.2) is 0 Å². The van der Waals surface area contributed by atoms with Crippen LogP contribution in [0.1, 0.15) is 47.7 Å². The Hall–Kier alpha value is -4.44. The van der Waals surface area contributed by atoms with E-state index in [0.29, 0.717) is 47.3 Å². The molecule has 1 heterocycles. The Bertz CT molecular complexity index is 1310. The lowest BCUT2D eigenvalue weighted by Crippen LogP contribution is -2.21. The van der Waals surface area contributed by atoms with Crippen molar-refractivity contribution in [2.24, 2.45) is 5.73 Å². The molecule has 7 heteroatoms. The summed E-state index contributed by atoms with van der Waals surface area (Å²) in [5.41, 5.74) is 8.38. The zero-order valence-electron chi connectivity index (χ0n) is 19.6. The number of fused-ring (bicyclic) bond motifs is 1. The molecule has 35 heavy (non-hydrogen) atoms. The van der Waals surface area contributed by atoms with Crippen LogP contribution in [0.25, 0.3) is 0 Å². The first kappa shape index (κ1) is 23.7. The van der Waals surface area contributed by atoms with Crippen LogP contribution in [0.15, 0.2) is 78.2 Å². The number of rotatable bonds is 8.